The van der Waals surface area contributed by atoms with E-state index in [1.165, 1.54) is 0 Å². The van der Waals surface area contributed by atoms with E-state index in [1.54, 1.807) is 6.07 Å². The van der Waals surface area contributed by atoms with Crippen LogP contribution in [0.1, 0.15) is 26.3 Å². The topological polar surface area (TPSA) is 26.3 Å². The standard InChI is InChI=1S/C22H17Br3O2/c23-17-12-10-16(11-13-17)20(24)21(25)22(26)18-8-4-5-9-19(18)27-14-15-6-2-1-3-7-15/h1-13,20-21H,14H2/t20-,21-/m0/s1. The molecule has 0 bridgehead atoms. The maximum atomic E-state index is 13.1. The van der Waals surface area contributed by atoms with Crippen LogP contribution in [0.5, 0.6) is 5.75 Å². The third-order valence-electron chi connectivity index (χ3n) is 4.09. The van der Waals surface area contributed by atoms with Crippen molar-refractivity contribution in [2.24, 2.45) is 0 Å². The van der Waals surface area contributed by atoms with Gasteiger partial charge in [0.2, 0.25) is 0 Å². The second-order valence-corrected chi connectivity index (χ2v) is 8.88. The van der Waals surface area contributed by atoms with Gasteiger partial charge in [0.05, 0.1) is 15.2 Å². The molecule has 2 atom stereocenters. The first-order valence-electron chi connectivity index (χ1n) is 8.40. The van der Waals surface area contributed by atoms with Gasteiger partial charge in [0.25, 0.3) is 0 Å². The van der Waals surface area contributed by atoms with E-state index in [0.29, 0.717) is 17.9 Å². The lowest BCUT2D eigenvalue weighted by Gasteiger charge is -2.18. The number of alkyl halides is 2. The molecule has 0 saturated heterocycles. The average molecular weight is 553 g/mol. The van der Waals surface area contributed by atoms with Crippen molar-refractivity contribution >= 4 is 53.6 Å². The number of ether oxygens (including phenoxy) is 1. The lowest BCUT2D eigenvalue weighted by atomic mass is 10.0. The molecule has 0 aliphatic heterocycles. The fourth-order valence-electron chi connectivity index (χ4n) is 2.63. The summed E-state index contributed by atoms with van der Waals surface area (Å²) in [6.45, 7) is 0.419. The Bertz CT molecular complexity index is 895. The number of Topliss-reactive ketones (excluding diaryl/α,β-unsaturated/α-hetero) is 1. The van der Waals surface area contributed by atoms with Gasteiger partial charge in [0, 0.05) is 4.47 Å². The Kier molecular flexibility index (Phi) is 7.27. The Labute approximate surface area is 184 Å². The van der Waals surface area contributed by atoms with E-state index in [2.05, 4.69) is 47.8 Å². The molecule has 0 saturated carbocycles. The normalized spacial score (nSPS) is 13.0. The largest absolute Gasteiger partial charge is 0.488 e. The van der Waals surface area contributed by atoms with Gasteiger partial charge in [-0.1, -0.05) is 102 Å². The van der Waals surface area contributed by atoms with Gasteiger partial charge in [-0.3, -0.25) is 4.79 Å². The van der Waals surface area contributed by atoms with Gasteiger partial charge >= 0.3 is 0 Å². The van der Waals surface area contributed by atoms with Crippen LogP contribution in [0, 0.1) is 0 Å². The maximum Gasteiger partial charge on any atom is 0.181 e. The average Bonchev–Trinajstić information content (AvgIpc) is 2.72. The second-order valence-electron chi connectivity index (χ2n) is 5.99. The number of benzene rings is 3. The number of hydrogen-bond acceptors (Lipinski definition) is 2. The highest BCUT2D eigenvalue weighted by molar-refractivity contribution is 9.12. The molecule has 3 rings (SSSR count). The molecule has 0 aromatic heterocycles. The van der Waals surface area contributed by atoms with E-state index in [9.17, 15) is 4.79 Å². The van der Waals surface area contributed by atoms with Crippen molar-refractivity contribution in [1.82, 2.24) is 0 Å². The van der Waals surface area contributed by atoms with Gasteiger partial charge in [-0.15, -0.1) is 0 Å². The van der Waals surface area contributed by atoms with Gasteiger partial charge < -0.3 is 4.74 Å². The fourth-order valence-corrected chi connectivity index (χ4v) is 3.99. The molecule has 0 unspecified atom stereocenters. The maximum absolute atomic E-state index is 13.1. The Balaban J connectivity index is 1.76. The molecule has 2 nitrogen and oxygen atoms in total. The fraction of sp³-hybridized carbons (Fsp3) is 0.136. The molecule has 0 amide bonds. The SMILES string of the molecule is O=C(c1ccccc1OCc1ccccc1)[C@@H](Br)[C@@H](Br)c1ccc(Br)cc1. The first kappa shape index (κ1) is 20.3. The van der Waals surface area contributed by atoms with E-state index < -0.39 is 4.83 Å². The number of para-hydroxylation sites is 1. The van der Waals surface area contributed by atoms with E-state index in [1.807, 2.05) is 72.8 Å². The van der Waals surface area contributed by atoms with Crippen molar-refractivity contribution in [3.8, 4) is 5.75 Å². The number of rotatable bonds is 7. The molecule has 0 spiro atoms. The third kappa shape index (κ3) is 5.31. The number of ketones is 1. The summed E-state index contributed by atoms with van der Waals surface area (Å²) in [6.07, 6.45) is 0. The lowest BCUT2D eigenvalue weighted by Crippen LogP contribution is -2.20. The van der Waals surface area contributed by atoms with Crippen LogP contribution < -0.4 is 4.74 Å². The Morgan fingerprint density at radius 3 is 2.19 bits per heavy atom. The highest BCUT2D eigenvalue weighted by Gasteiger charge is 2.28. The van der Waals surface area contributed by atoms with Crippen LogP contribution in [0.3, 0.4) is 0 Å². The van der Waals surface area contributed by atoms with Crippen LogP contribution in [0.4, 0.5) is 0 Å². The monoisotopic (exact) mass is 550 g/mol. The zero-order valence-corrected chi connectivity index (χ0v) is 19.1. The number of hydrogen-bond donors (Lipinski definition) is 0. The van der Waals surface area contributed by atoms with Gasteiger partial charge in [-0.2, -0.15) is 0 Å². The predicted molar refractivity (Wildman–Crippen MR) is 120 cm³/mol. The van der Waals surface area contributed by atoms with Crippen molar-refractivity contribution in [2.45, 2.75) is 16.3 Å². The molecule has 0 fully saturated rings. The quantitative estimate of drug-likeness (QED) is 0.231. The van der Waals surface area contributed by atoms with E-state index in [-0.39, 0.29) is 10.6 Å². The Morgan fingerprint density at radius 2 is 1.48 bits per heavy atom. The van der Waals surface area contributed by atoms with Gasteiger partial charge in [-0.05, 0) is 35.4 Å². The molecular formula is C22H17Br3O2. The number of carbonyl (C=O) groups excluding carboxylic acids is 1. The van der Waals surface area contributed by atoms with Crippen molar-refractivity contribution in [3.63, 3.8) is 0 Å². The molecule has 0 N–H and O–H groups in total. The predicted octanol–water partition coefficient (Wildman–Crippen LogP) is 7.11. The van der Waals surface area contributed by atoms with Crippen LogP contribution in [0.25, 0.3) is 0 Å². The van der Waals surface area contributed by atoms with Gasteiger partial charge in [0.15, 0.2) is 5.78 Å². The second kappa shape index (κ2) is 9.67. The summed E-state index contributed by atoms with van der Waals surface area (Å²) in [4.78, 5) is 12.5. The summed E-state index contributed by atoms with van der Waals surface area (Å²) in [5.74, 6) is 0.565. The molecule has 0 radical (unpaired) electrons. The van der Waals surface area contributed by atoms with Crippen LogP contribution in [0.15, 0.2) is 83.3 Å². The van der Waals surface area contributed by atoms with Crippen molar-refractivity contribution < 1.29 is 9.53 Å². The number of carbonyl (C=O) groups is 1. The molecule has 0 aliphatic rings. The Hall–Kier alpha value is -1.43. The van der Waals surface area contributed by atoms with E-state index >= 15 is 0 Å². The summed E-state index contributed by atoms with van der Waals surface area (Å²) >= 11 is 10.7. The summed E-state index contributed by atoms with van der Waals surface area (Å²) < 4.78 is 6.94. The first-order valence-corrected chi connectivity index (χ1v) is 11.0. The molecule has 138 valence electrons. The van der Waals surface area contributed by atoms with Crippen molar-refractivity contribution in [2.75, 3.05) is 0 Å². The lowest BCUT2D eigenvalue weighted by molar-refractivity contribution is 0.0986. The van der Waals surface area contributed by atoms with Gasteiger partial charge in [0.1, 0.15) is 12.4 Å². The molecular weight excluding hydrogens is 536 g/mol. The Morgan fingerprint density at radius 1 is 0.852 bits per heavy atom. The summed E-state index contributed by atoms with van der Waals surface area (Å²) in [6, 6.07) is 25.2. The highest BCUT2D eigenvalue weighted by atomic mass is 79.9. The zero-order chi connectivity index (χ0) is 19.2. The van der Waals surface area contributed by atoms with Crippen LogP contribution in [0.2, 0.25) is 0 Å². The molecule has 0 heterocycles. The smallest absolute Gasteiger partial charge is 0.181 e. The molecule has 3 aromatic rings. The summed E-state index contributed by atoms with van der Waals surface area (Å²) in [5, 5.41) is 0. The highest BCUT2D eigenvalue weighted by Crippen LogP contribution is 2.35. The summed E-state index contributed by atoms with van der Waals surface area (Å²) in [5.41, 5.74) is 2.65. The zero-order valence-electron chi connectivity index (χ0n) is 14.3. The molecule has 3 aromatic carbocycles. The van der Waals surface area contributed by atoms with Crippen molar-refractivity contribution in [3.05, 3.63) is 100 Å². The van der Waals surface area contributed by atoms with Crippen LogP contribution >= 0.6 is 47.8 Å². The van der Waals surface area contributed by atoms with E-state index in [0.717, 1.165) is 15.6 Å². The third-order valence-corrected chi connectivity index (χ3v) is 7.33. The van der Waals surface area contributed by atoms with E-state index in [4.69, 9.17) is 4.74 Å². The molecule has 27 heavy (non-hydrogen) atoms. The van der Waals surface area contributed by atoms with Gasteiger partial charge in [-0.25, -0.2) is 0 Å². The minimum Gasteiger partial charge on any atom is -0.488 e. The van der Waals surface area contributed by atoms with Crippen molar-refractivity contribution in [1.29, 1.82) is 0 Å². The van der Waals surface area contributed by atoms with Crippen LogP contribution in [-0.4, -0.2) is 10.6 Å². The minimum absolute atomic E-state index is 0.0246. The minimum atomic E-state index is -0.417. The van der Waals surface area contributed by atoms with Crippen LogP contribution in [-0.2, 0) is 6.61 Å². The molecule has 5 heteroatoms. The molecule has 0 aliphatic carbocycles. The summed E-state index contributed by atoms with van der Waals surface area (Å²) in [7, 11) is 0. The number of halogens is 3. The first-order chi connectivity index (χ1) is 13.1.